The predicted octanol–water partition coefficient (Wildman–Crippen LogP) is 2.07. The van der Waals surface area contributed by atoms with E-state index in [1.165, 1.54) is 18.7 Å². The van der Waals surface area contributed by atoms with Crippen molar-refractivity contribution in [2.24, 2.45) is 0 Å². The van der Waals surface area contributed by atoms with E-state index in [0.29, 0.717) is 5.75 Å². The summed E-state index contributed by atoms with van der Waals surface area (Å²) in [7, 11) is 0. The third-order valence-corrected chi connectivity index (χ3v) is 4.80. The van der Waals surface area contributed by atoms with Crippen LogP contribution in [0.15, 0.2) is 29.2 Å². The topological polar surface area (TPSA) is 105 Å². The number of para-hydroxylation sites is 1. The first kappa shape index (κ1) is 21.7. The van der Waals surface area contributed by atoms with Crippen molar-refractivity contribution in [2.75, 3.05) is 17.2 Å². The molecule has 1 aliphatic rings. The summed E-state index contributed by atoms with van der Waals surface area (Å²) in [5.41, 5.74) is 0.265. The number of benzene rings is 1. The van der Waals surface area contributed by atoms with Crippen LogP contribution in [0.1, 0.15) is 34.1 Å². The molecule has 152 valence electrons. The normalized spacial score (nSPS) is 14.7. The molecule has 1 atom stereocenters. The van der Waals surface area contributed by atoms with E-state index in [-0.39, 0.29) is 18.9 Å². The number of hydrogen-bond donors (Lipinski definition) is 2. The third-order valence-electron chi connectivity index (χ3n) is 3.75. The van der Waals surface area contributed by atoms with E-state index in [1.807, 2.05) is 24.3 Å². The zero-order chi connectivity index (χ0) is 20.9. The number of thioether (sulfide) groups is 1. The summed E-state index contributed by atoms with van der Waals surface area (Å²) in [4.78, 5) is 50.5. The van der Waals surface area contributed by atoms with Crippen LogP contribution in [0.25, 0.3) is 0 Å². The van der Waals surface area contributed by atoms with E-state index in [4.69, 9.17) is 4.74 Å². The van der Waals surface area contributed by atoms with E-state index in [0.717, 1.165) is 10.6 Å². The van der Waals surface area contributed by atoms with Gasteiger partial charge in [0.1, 0.15) is 0 Å². The van der Waals surface area contributed by atoms with Gasteiger partial charge in [0.05, 0.1) is 17.9 Å². The zero-order valence-electron chi connectivity index (χ0n) is 16.4. The molecule has 9 heteroatoms. The number of amides is 4. The number of carbonyl (C=O) groups excluding carboxylic acids is 4. The number of nitrogens with one attached hydrogen (secondary N) is 2. The molecule has 2 rings (SSSR count). The quantitative estimate of drug-likeness (QED) is 0.724. The number of carbonyl (C=O) groups is 4. The maximum absolute atomic E-state index is 12.2. The number of anilines is 1. The molecule has 1 aromatic carbocycles. The number of esters is 1. The molecule has 4 amide bonds. The molecule has 0 spiro atoms. The predicted molar refractivity (Wildman–Crippen MR) is 106 cm³/mol. The molecule has 0 bridgehead atoms. The average Bonchev–Trinajstić information content (AvgIpc) is 2.59. The summed E-state index contributed by atoms with van der Waals surface area (Å²) >= 11 is 1.46. The Morgan fingerprint density at radius 2 is 1.93 bits per heavy atom. The lowest BCUT2D eigenvalue weighted by atomic mass is 10.1. The van der Waals surface area contributed by atoms with Crippen molar-refractivity contribution >= 4 is 41.3 Å². The Morgan fingerprint density at radius 1 is 1.25 bits per heavy atom. The van der Waals surface area contributed by atoms with E-state index < -0.39 is 29.6 Å². The molecule has 2 N–H and O–H groups in total. The number of nitrogens with zero attached hydrogens (tertiary/aromatic N) is 1. The van der Waals surface area contributed by atoms with Crippen LogP contribution in [0.5, 0.6) is 0 Å². The molecule has 0 unspecified atom stereocenters. The maximum Gasteiger partial charge on any atom is 0.321 e. The standard InChI is InChI=1S/C19H25N3O5S/c1-12(17(25)20-18(26)21-19(2,3)4)27-16(24)9-10-22-13-7-5-6-8-14(13)28-11-15(22)23/h5-8,12H,9-11H2,1-4H3,(H2,20,21,25,26)/t12-/m0/s1. The lowest BCUT2D eigenvalue weighted by Crippen LogP contribution is -2.50. The van der Waals surface area contributed by atoms with Crippen LogP contribution in [-0.2, 0) is 19.1 Å². The first-order valence-electron chi connectivity index (χ1n) is 8.91. The van der Waals surface area contributed by atoms with Crippen molar-refractivity contribution in [3.63, 3.8) is 0 Å². The van der Waals surface area contributed by atoms with Crippen molar-refractivity contribution < 1.29 is 23.9 Å². The highest BCUT2D eigenvalue weighted by Crippen LogP contribution is 2.34. The van der Waals surface area contributed by atoms with Gasteiger partial charge in [-0.05, 0) is 39.8 Å². The third kappa shape index (κ3) is 6.26. The van der Waals surface area contributed by atoms with Gasteiger partial charge in [0, 0.05) is 17.0 Å². The molecule has 0 saturated carbocycles. The van der Waals surface area contributed by atoms with Crippen LogP contribution >= 0.6 is 11.8 Å². The summed E-state index contributed by atoms with van der Waals surface area (Å²) in [6.07, 6.45) is -1.19. The van der Waals surface area contributed by atoms with Gasteiger partial charge in [-0.2, -0.15) is 0 Å². The van der Waals surface area contributed by atoms with Crippen LogP contribution in [0.2, 0.25) is 0 Å². The highest BCUT2D eigenvalue weighted by Gasteiger charge is 2.26. The van der Waals surface area contributed by atoms with Crippen molar-refractivity contribution in [2.45, 2.75) is 50.7 Å². The average molecular weight is 407 g/mol. The highest BCUT2D eigenvalue weighted by molar-refractivity contribution is 8.00. The number of imide groups is 1. The fourth-order valence-electron chi connectivity index (χ4n) is 2.50. The minimum atomic E-state index is -1.13. The van der Waals surface area contributed by atoms with Gasteiger partial charge in [0.15, 0.2) is 6.10 Å². The number of rotatable bonds is 5. The van der Waals surface area contributed by atoms with Crippen molar-refractivity contribution in [3.05, 3.63) is 24.3 Å². The molecule has 1 heterocycles. The molecule has 1 aromatic rings. The SMILES string of the molecule is C[C@H](OC(=O)CCN1C(=O)CSc2ccccc21)C(=O)NC(=O)NC(C)(C)C. The smallest absolute Gasteiger partial charge is 0.321 e. The van der Waals surface area contributed by atoms with Gasteiger partial charge < -0.3 is 15.0 Å². The second-order valence-electron chi connectivity index (χ2n) is 7.38. The first-order chi connectivity index (χ1) is 13.1. The van der Waals surface area contributed by atoms with Crippen molar-refractivity contribution in [1.29, 1.82) is 0 Å². The summed E-state index contributed by atoms with van der Waals surface area (Å²) in [5, 5.41) is 4.72. The molecular formula is C19H25N3O5S. The monoisotopic (exact) mass is 407 g/mol. The van der Waals surface area contributed by atoms with E-state index in [9.17, 15) is 19.2 Å². The van der Waals surface area contributed by atoms with Crippen LogP contribution < -0.4 is 15.5 Å². The zero-order valence-corrected chi connectivity index (χ0v) is 17.2. The first-order valence-corrected chi connectivity index (χ1v) is 9.90. The Kier molecular flexibility index (Phi) is 7.06. The summed E-state index contributed by atoms with van der Waals surface area (Å²) < 4.78 is 5.08. The molecule has 1 aliphatic heterocycles. The Morgan fingerprint density at radius 3 is 2.61 bits per heavy atom. The Hall–Kier alpha value is -2.55. The molecule has 0 aliphatic carbocycles. The molecule has 0 fully saturated rings. The van der Waals surface area contributed by atoms with E-state index >= 15 is 0 Å². The van der Waals surface area contributed by atoms with Crippen molar-refractivity contribution in [3.8, 4) is 0 Å². The van der Waals surface area contributed by atoms with Gasteiger partial charge >= 0.3 is 12.0 Å². The van der Waals surface area contributed by atoms with Gasteiger partial charge in [-0.15, -0.1) is 11.8 Å². The number of urea groups is 1. The Balaban J connectivity index is 1.84. The molecular weight excluding hydrogens is 382 g/mol. The Bertz CT molecular complexity index is 775. The van der Waals surface area contributed by atoms with Gasteiger partial charge in [0.25, 0.3) is 5.91 Å². The second-order valence-corrected chi connectivity index (χ2v) is 8.39. The molecule has 8 nitrogen and oxygen atoms in total. The lowest BCUT2D eigenvalue weighted by Gasteiger charge is -2.28. The minimum Gasteiger partial charge on any atom is -0.452 e. The fourth-order valence-corrected chi connectivity index (χ4v) is 3.43. The van der Waals surface area contributed by atoms with Crippen LogP contribution in [0.4, 0.5) is 10.5 Å². The largest absolute Gasteiger partial charge is 0.452 e. The fraction of sp³-hybridized carbons (Fsp3) is 0.474. The van der Waals surface area contributed by atoms with Crippen LogP contribution in [-0.4, -0.2) is 47.8 Å². The molecule has 0 aromatic heterocycles. The lowest BCUT2D eigenvalue weighted by molar-refractivity contribution is -0.154. The number of ether oxygens (including phenoxy) is 1. The number of hydrogen-bond acceptors (Lipinski definition) is 6. The maximum atomic E-state index is 12.2. The van der Waals surface area contributed by atoms with Crippen LogP contribution in [0, 0.1) is 0 Å². The Labute approximate surface area is 168 Å². The molecule has 0 radical (unpaired) electrons. The minimum absolute atomic E-state index is 0.0590. The summed E-state index contributed by atoms with van der Waals surface area (Å²) in [5.74, 6) is -1.11. The van der Waals surface area contributed by atoms with Gasteiger partial charge in [0.2, 0.25) is 5.91 Å². The second kappa shape index (κ2) is 9.09. The molecule has 0 saturated heterocycles. The van der Waals surface area contributed by atoms with Crippen LogP contribution in [0.3, 0.4) is 0 Å². The van der Waals surface area contributed by atoms with E-state index in [1.54, 1.807) is 25.7 Å². The van der Waals surface area contributed by atoms with Crippen molar-refractivity contribution in [1.82, 2.24) is 10.6 Å². The number of fused-ring (bicyclic) bond motifs is 1. The summed E-state index contributed by atoms with van der Waals surface area (Å²) in [6.45, 7) is 6.88. The van der Waals surface area contributed by atoms with Gasteiger partial charge in [-0.3, -0.25) is 19.7 Å². The molecule has 28 heavy (non-hydrogen) atoms. The summed E-state index contributed by atoms with van der Waals surface area (Å²) in [6, 6.07) is 6.82. The van der Waals surface area contributed by atoms with Gasteiger partial charge in [-0.25, -0.2) is 4.79 Å². The van der Waals surface area contributed by atoms with E-state index in [2.05, 4.69) is 10.6 Å². The van der Waals surface area contributed by atoms with Gasteiger partial charge in [-0.1, -0.05) is 12.1 Å². The highest BCUT2D eigenvalue weighted by atomic mass is 32.2.